The molecule has 26 heavy (non-hydrogen) atoms. The van der Waals surface area contributed by atoms with Crippen molar-refractivity contribution in [3.63, 3.8) is 0 Å². The van der Waals surface area contributed by atoms with E-state index in [9.17, 15) is 19.7 Å². The molecule has 0 heterocycles. The Morgan fingerprint density at radius 2 is 2.00 bits per heavy atom. The van der Waals surface area contributed by atoms with Crippen LogP contribution in [0, 0.1) is 10.1 Å². The SMILES string of the molecule is COc1ccccc1CCNC(=O)COc1ccc(C=O)cc1[N+](=O)[O-]. The van der Waals surface area contributed by atoms with Crippen LogP contribution in [-0.2, 0) is 11.2 Å². The first kappa shape index (κ1) is 18.9. The predicted octanol–water partition coefficient (Wildman–Crippen LogP) is 2.15. The van der Waals surface area contributed by atoms with Gasteiger partial charge in [0.25, 0.3) is 5.91 Å². The molecular formula is C18H18N2O6. The number of carbonyl (C=O) groups is 2. The van der Waals surface area contributed by atoms with Crippen molar-refractivity contribution in [2.24, 2.45) is 0 Å². The highest BCUT2D eigenvalue weighted by molar-refractivity contribution is 5.79. The zero-order chi connectivity index (χ0) is 18.9. The molecule has 0 aliphatic rings. The summed E-state index contributed by atoms with van der Waals surface area (Å²) in [7, 11) is 1.58. The third kappa shape index (κ3) is 5.04. The molecule has 136 valence electrons. The number of methoxy groups -OCH3 is 1. The van der Waals surface area contributed by atoms with Gasteiger partial charge >= 0.3 is 5.69 Å². The lowest BCUT2D eigenvalue weighted by Crippen LogP contribution is -2.30. The molecular weight excluding hydrogens is 340 g/mol. The number of hydrogen-bond donors (Lipinski definition) is 1. The molecule has 0 aliphatic heterocycles. The smallest absolute Gasteiger partial charge is 0.311 e. The molecule has 0 atom stereocenters. The van der Waals surface area contributed by atoms with Crippen LogP contribution in [0.2, 0.25) is 0 Å². The van der Waals surface area contributed by atoms with Gasteiger partial charge in [-0.15, -0.1) is 0 Å². The molecule has 1 N–H and O–H groups in total. The summed E-state index contributed by atoms with van der Waals surface area (Å²) in [6.07, 6.45) is 1.07. The van der Waals surface area contributed by atoms with Crippen molar-refractivity contribution in [1.82, 2.24) is 5.32 Å². The highest BCUT2D eigenvalue weighted by Gasteiger charge is 2.17. The van der Waals surface area contributed by atoms with Crippen LogP contribution in [0.25, 0.3) is 0 Å². The normalized spacial score (nSPS) is 10.0. The number of nitro groups is 1. The number of benzene rings is 2. The van der Waals surface area contributed by atoms with Gasteiger partial charge < -0.3 is 14.8 Å². The molecule has 0 saturated carbocycles. The maximum Gasteiger partial charge on any atom is 0.311 e. The lowest BCUT2D eigenvalue weighted by atomic mass is 10.1. The Bertz CT molecular complexity index is 806. The summed E-state index contributed by atoms with van der Waals surface area (Å²) in [5.74, 6) is 0.262. The average molecular weight is 358 g/mol. The Labute approximate surface area is 149 Å². The Hall–Kier alpha value is -3.42. The van der Waals surface area contributed by atoms with Crippen molar-refractivity contribution in [2.75, 3.05) is 20.3 Å². The van der Waals surface area contributed by atoms with Gasteiger partial charge in [0, 0.05) is 18.2 Å². The first-order chi connectivity index (χ1) is 12.5. The maximum atomic E-state index is 11.9. The van der Waals surface area contributed by atoms with Gasteiger partial charge in [-0.1, -0.05) is 18.2 Å². The second kappa shape index (κ2) is 9.16. The lowest BCUT2D eigenvalue weighted by Gasteiger charge is -2.10. The first-order valence-corrected chi connectivity index (χ1v) is 7.80. The molecule has 0 radical (unpaired) electrons. The monoisotopic (exact) mass is 358 g/mol. The highest BCUT2D eigenvalue weighted by atomic mass is 16.6. The summed E-state index contributed by atoms with van der Waals surface area (Å²) in [4.78, 5) is 32.9. The van der Waals surface area contributed by atoms with Crippen LogP contribution >= 0.6 is 0 Å². The molecule has 0 aromatic heterocycles. The Balaban J connectivity index is 1.87. The van der Waals surface area contributed by atoms with Crippen LogP contribution in [0.5, 0.6) is 11.5 Å². The summed E-state index contributed by atoms with van der Waals surface area (Å²) >= 11 is 0. The van der Waals surface area contributed by atoms with Gasteiger partial charge in [-0.2, -0.15) is 0 Å². The first-order valence-electron chi connectivity index (χ1n) is 7.80. The van der Waals surface area contributed by atoms with Crippen LogP contribution in [0.3, 0.4) is 0 Å². The second-order valence-electron chi connectivity index (χ2n) is 5.30. The number of nitrogens with zero attached hydrogens (tertiary/aromatic N) is 1. The Morgan fingerprint density at radius 1 is 1.23 bits per heavy atom. The molecule has 2 rings (SSSR count). The molecule has 0 fully saturated rings. The molecule has 8 nitrogen and oxygen atoms in total. The fourth-order valence-electron chi connectivity index (χ4n) is 2.31. The van der Waals surface area contributed by atoms with Gasteiger partial charge in [-0.25, -0.2) is 0 Å². The number of aldehydes is 1. The molecule has 0 aliphatic carbocycles. The van der Waals surface area contributed by atoms with Crippen molar-refractivity contribution in [2.45, 2.75) is 6.42 Å². The maximum absolute atomic E-state index is 11.9. The van der Waals surface area contributed by atoms with Gasteiger partial charge in [0.2, 0.25) is 0 Å². The number of ether oxygens (including phenoxy) is 2. The van der Waals surface area contributed by atoms with Crippen LogP contribution in [-0.4, -0.2) is 37.4 Å². The standard InChI is InChI=1S/C18H18N2O6/c1-25-16-5-3-2-4-14(16)8-9-19-18(22)12-26-17-7-6-13(11-21)10-15(17)20(23)24/h2-7,10-11H,8-9,12H2,1H3,(H,19,22). The van der Waals surface area contributed by atoms with Gasteiger partial charge in [0.1, 0.15) is 12.0 Å². The average Bonchev–Trinajstić information content (AvgIpc) is 2.66. The van der Waals surface area contributed by atoms with Crippen molar-refractivity contribution in [3.8, 4) is 11.5 Å². The second-order valence-corrected chi connectivity index (χ2v) is 5.30. The summed E-state index contributed by atoms with van der Waals surface area (Å²) in [5, 5.41) is 13.7. The number of rotatable bonds is 9. The number of carbonyl (C=O) groups excluding carboxylic acids is 2. The number of para-hydroxylation sites is 1. The van der Waals surface area contributed by atoms with E-state index in [1.165, 1.54) is 12.1 Å². The van der Waals surface area contributed by atoms with E-state index in [2.05, 4.69) is 5.32 Å². The van der Waals surface area contributed by atoms with E-state index in [4.69, 9.17) is 9.47 Å². The van der Waals surface area contributed by atoms with Crippen LogP contribution in [0.1, 0.15) is 15.9 Å². The van der Waals surface area contributed by atoms with Crippen LogP contribution in [0.4, 0.5) is 5.69 Å². The fourth-order valence-corrected chi connectivity index (χ4v) is 2.31. The predicted molar refractivity (Wildman–Crippen MR) is 93.7 cm³/mol. The minimum atomic E-state index is -0.665. The number of amides is 1. The van der Waals surface area contributed by atoms with E-state index in [1.54, 1.807) is 7.11 Å². The van der Waals surface area contributed by atoms with Gasteiger partial charge in [0.05, 0.1) is 12.0 Å². The van der Waals surface area contributed by atoms with E-state index in [0.717, 1.165) is 17.4 Å². The van der Waals surface area contributed by atoms with Crippen LogP contribution < -0.4 is 14.8 Å². The largest absolute Gasteiger partial charge is 0.496 e. The third-order valence-corrected chi connectivity index (χ3v) is 3.58. The van der Waals surface area contributed by atoms with Gasteiger partial charge in [0.15, 0.2) is 12.4 Å². The van der Waals surface area contributed by atoms with Crippen molar-refractivity contribution in [1.29, 1.82) is 0 Å². The summed E-state index contributed by atoms with van der Waals surface area (Å²) in [6, 6.07) is 11.3. The highest BCUT2D eigenvalue weighted by Crippen LogP contribution is 2.27. The molecule has 1 amide bonds. The van der Waals surface area contributed by atoms with Crippen molar-refractivity contribution < 1.29 is 24.0 Å². The van der Waals surface area contributed by atoms with E-state index in [-0.39, 0.29) is 23.6 Å². The summed E-state index contributed by atoms with van der Waals surface area (Å²) in [5.41, 5.74) is 0.748. The minimum Gasteiger partial charge on any atom is -0.496 e. The zero-order valence-electron chi connectivity index (χ0n) is 14.1. The number of nitrogens with one attached hydrogen (secondary N) is 1. The zero-order valence-corrected chi connectivity index (χ0v) is 14.1. The molecule has 8 heteroatoms. The van der Waals surface area contributed by atoms with Gasteiger partial charge in [-0.05, 0) is 30.2 Å². The van der Waals surface area contributed by atoms with E-state index < -0.39 is 10.8 Å². The van der Waals surface area contributed by atoms with Crippen molar-refractivity contribution >= 4 is 17.9 Å². The summed E-state index contributed by atoms with van der Waals surface area (Å²) in [6.45, 7) is 0.00192. The van der Waals surface area contributed by atoms with E-state index >= 15 is 0 Å². The third-order valence-electron chi connectivity index (χ3n) is 3.58. The summed E-state index contributed by atoms with van der Waals surface area (Å²) < 4.78 is 10.4. The van der Waals surface area contributed by atoms with E-state index in [0.29, 0.717) is 19.3 Å². The van der Waals surface area contributed by atoms with E-state index in [1.807, 2.05) is 24.3 Å². The molecule has 0 saturated heterocycles. The topological polar surface area (TPSA) is 108 Å². The number of hydrogen-bond acceptors (Lipinski definition) is 6. The van der Waals surface area contributed by atoms with Gasteiger partial charge in [-0.3, -0.25) is 19.7 Å². The van der Waals surface area contributed by atoms with Crippen molar-refractivity contribution in [3.05, 3.63) is 63.7 Å². The Kier molecular flexibility index (Phi) is 6.67. The van der Waals surface area contributed by atoms with Crippen LogP contribution in [0.15, 0.2) is 42.5 Å². The number of nitro benzene ring substituents is 1. The minimum absolute atomic E-state index is 0.0690. The Morgan fingerprint density at radius 3 is 2.69 bits per heavy atom. The molecule has 0 unspecified atom stereocenters. The molecule has 0 spiro atoms. The fraction of sp³-hybridized carbons (Fsp3) is 0.222. The lowest BCUT2D eigenvalue weighted by molar-refractivity contribution is -0.385. The molecule has 2 aromatic rings. The quantitative estimate of drug-likeness (QED) is 0.418. The molecule has 2 aromatic carbocycles. The molecule has 0 bridgehead atoms.